The number of nitrogens with one attached hydrogen (secondary N) is 1. The highest BCUT2D eigenvalue weighted by atomic mass is 32.2. The summed E-state index contributed by atoms with van der Waals surface area (Å²) in [5, 5.41) is 26.4. The summed E-state index contributed by atoms with van der Waals surface area (Å²) in [4.78, 5) is 26.1. The first-order valence-corrected chi connectivity index (χ1v) is 8.84. The number of hydrogen-bond donors (Lipinski definition) is 3. The van der Waals surface area contributed by atoms with Gasteiger partial charge in [0, 0.05) is 34.4 Å². The number of H-pyrrole nitrogens is 1. The molecule has 2 aliphatic rings. The molecule has 0 spiro atoms. The lowest BCUT2D eigenvalue weighted by Gasteiger charge is -2.46. The average Bonchev–Trinajstić information content (AvgIpc) is 3.06. The zero-order valence-electron chi connectivity index (χ0n) is 13.8. The predicted octanol–water partition coefficient (Wildman–Crippen LogP) is 1.23. The summed E-state index contributed by atoms with van der Waals surface area (Å²) < 4.78 is 0. The van der Waals surface area contributed by atoms with Gasteiger partial charge in [0.1, 0.15) is 5.70 Å². The number of β-lactam (4-membered cyclic amide) rings is 1. The molecule has 8 heteroatoms. The van der Waals surface area contributed by atoms with E-state index in [1.165, 1.54) is 16.7 Å². The van der Waals surface area contributed by atoms with E-state index in [-0.39, 0.29) is 28.8 Å². The van der Waals surface area contributed by atoms with Gasteiger partial charge in [-0.15, -0.1) is 11.8 Å². The Hall–Kier alpha value is -1.80. The van der Waals surface area contributed by atoms with Crippen LogP contribution in [0.25, 0.3) is 0 Å². The fourth-order valence-electron chi connectivity index (χ4n) is 3.65. The van der Waals surface area contributed by atoms with E-state index in [9.17, 15) is 19.8 Å². The van der Waals surface area contributed by atoms with E-state index in [0.717, 1.165) is 17.0 Å². The van der Waals surface area contributed by atoms with Crippen molar-refractivity contribution in [3.8, 4) is 0 Å². The van der Waals surface area contributed by atoms with E-state index < -0.39 is 18.0 Å². The van der Waals surface area contributed by atoms with Crippen LogP contribution in [-0.4, -0.2) is 54.6 Å². The van der Waals surface area contributed by atoms with Crippen LogP contribution in [0.5, 0.6) is 0 Å². The van der Waals surface area contributed by atoms with E-state index in [1.807, 2.05) is 19.9 Å². The van der Waals surface area contributed by atoms with E-state index >= 15 is 0 Å². The molecule has 0 saturated carbocycles. The molecule has 5 unspecified atom stereocenters. The Bertz CT molecular complexity index is 686. The molecule has 0 aromatic carbocycles. The minimum Gasteiger partial charge on any atom is -0.477 e. The van der Waals surface area contributed by atoms with Crippen LogP contribution >= 0.6 is 11.8 Å². The molecule has 1 fully saturated rings. The summed E-state index contributed by atoms with van der Waals surface area (Å²) >= 11 is 1.49. The van der Waals surface area contributed by atoms with Crippen molar-refractivity contribution in [1.82, 2.24) is 15.1 Å². The average molecular weight is 351 g/mol. The zero-order chi connectivity index (χ0) is 17.6. The van der Waals surface area contributed by atoms with E-state index in [0.29, 0.717) is 0 Å². The van der Waals surface area contributed by atoms with Crippen LogP contribution in [0.1, 0.15) is 26.5 Å². The van der Waals surface area contributed by atoms with Gasteiger partial charge in [-0.2, -0.15) is 5.10 Å². The monoisotopic (exact) mass is 351 g/mol. The Balaban J connectivity index is 1.83. The molecule has 1 amide bonds. The summed E-state index contributed by atoms with van der Waals surface area (Å²) in [6.07, 6.45) is 1.64. The Morgan fingerprint density at radius 3 is 2.75 bits per heavy atom. The fourth-order valence-corrected chi connectivity index (χ4v) is 4.99. The Labute approximate surface area is 144 Å². The number of amides is 1. The normalized spacial score (nSPS) is 28.6. The molecule has 5 atom stereocenters. The summed E-state index contributed by atoms with van der Waals surface area (Å²) in [6.45, 7) is 5.54. The number of thioether (sulfide) groups is 1. The van der Waals surface area contributed by atoms with Crippen molar-refractivity contribution >= 4 is 23.6 Å². The minimum absolute atomic E-state index is 0.0795. The fraction of sp³-hybridized carbons (Fsp3) is 0.562. The number of carbonyl (C=O) groups is 2. The van der Waals surface area contributed by atoms with Gasteiger partial charge in [-0.3, -0.25) is 9.89 Å². The molecule has 3 N–H and O–H groups in total. The highest BCUT2D eigenvalue weighted by Crippen LogP contribution is 2.51. The smallest absolute Gasteiger partial charge is 0.353 e. The summed E-state index contributed by atoms with van der Waals surface area (Å²) in [5.41, 5.74) is 1.06. The number of fused-ring (bicyclic) bond motifs is 1. The maximum atomic E-state index is 12.3. The van der Waals surface area contributed by atoms with Gasteiger partial charge in [0.15, 0.2) is 0 Å². The Morgan fingerprint density at radius 1 is 1.50 bits per heavy atom. The molecule has 0 bridgehead atoms. The zero-order valence-corrected chi connectivity index (χ0v) is 14.6. The van der Waals surface area contributed by atoms with Gasteiger partial charge in [-0.1, -0.05) is 13.8 Å². The number of carboxylic acids is 1. The largest absolute Gasteiger partial charge is 0.477 e. The minimum atomic E-state index is -1.09. The van der Waals surface area contributed by atoms with Gasteiger partial charge < -0.3 is 15.1 Å². The van der Waals surface area contributed by atoms with E-state index in [1.54, 1.807) is 13.1 Å². The first kappa shape index (κ1) is 17.0. The van der Waals surface area contributed by atoms with Crippen molar-refractivity contribution in [1.29, 1.82) is 0 Å². The van der Waals surface area contributed by atoms with Crippen LogP contribution in [0, 0.1) is 11.8 Å². The third-order valence-corrected chi connectivity index (χ3v) is 6.09. The molecule has 7 nitrogen and oxygen atoms in total. The number of aliphatic carboxylic acids is 1. The number of aliphatic hydroxyl groups is 1. The highest BCUT2D eigenvalue weighted by molar-refractivity contribution is 8.03. The van der Waals surface area contributed by atoms with Crippen molar-refractivity contribution < 1.29 is 19.8 Å². The number of carbonyl (C=O) groups excluding carboxylic acids is 1. The molecule has 1 aromatic heterocycles. The maximum absolute atomic E-state index is 12.3. The number of nitrogens with zero attached hydrogens (tertiary/aromatic N) is 2. The second-order valence-corrected chi connectivity index (χ2v) is 7.97. The molecule has 2 aliphatic heterocycles. The number of aliphatic hydroxyl groups excluding tert-OH is 1. The van der Waals surface area contributed by atoms with Crippen LogP contribution in [0.2, 0.25) is 0 Å². The first-order chi connectivity index (χ1) is 11.3. The summed E-state index contributed by atoms with van der Waals surface area (Å²) in [5.74, 6) is -1.99. The van der Waals surface area contributed by atoms with Crippen LogP contribution in [-0.2, 0) is 16.0 Å². The van der Waals surface area contributed by atoms with Crippen LogP contribution in [0.4, 0.5) is 0 Å². The van der Waals surface area contributed by atoms with Crippen molar-refractivity contribution in [2.75, 3.05) is 0 Å². The van der Waals surface area contributed by atoms with Crippen LogP contribution in [0.3, 0.4) is 0 Å². The number of hydrogen-bond acceptors (Lipinski definition) is 5. The van der Waals surface area contributed by atoms with Gasteiger partial charge in [-0.25, -0.2) is 4.79 Å². The topological polar surface area (TPSA) is 107 Å². The first-order valence-electron chi connectivity index (χ1n) is 7.96. The molecule has 130 valence electrons. The molecule has 0 radical (unpaired) electrons. The molecule has 3 heterocycles. The van der Waals surface area contributed by atoms with Gasteiger partial charge in [-0.05, 0) is 13.0 Å². The second-order valence-electron chi connectivity index (χ2n) is 6.49. The molecular weight excluding hydrogens is 330 g/mol. The van der Waals surface area contributed by atoms with Crippen molar-refractivity contribution in [3.63, 3.8) is 0 Å². The van der Waals surface area contributed by atoms with E-state index in [4.69, 9.17) is 0 Å². The Kier molecular flexibility index (Phi) is 4.44. The predicted molar refractivity (Wildman–Crippen MR) is 89.0 cm³/mol. The van der Waals surface area contributed by atoms with Gasteiger partial charge >= 0.3 is 5.97 Å². The number of carboxylic acid groups (broad SMARTS) is 1. The molecule has 3 rings (SSSR count). The third kappa shape index (κ3) is 2.63. The number of aromatic nitrogens is 2. The lowest BCUT2D eigenvalue weighted by Crippen LogP contribution is -2.63. The van der Waals surface area contributed by atoms with Gasteiger partial charge in [0.2, 0.25) is 5.91 Å². The number of rotatable bonds is 6. The standard InChI is InChI=1S/C16H21N3O4S/c1-7(6-10-4-5-17-18-10)24-14-8(2)12-11(9(3)20)15(21)19(12)13(14)16(22)23/h4-5,7-9,11-12,20H,6H2,1-3H3,(H,17,18)(H,22,23). The maximum Gasteiger partial charge on any atom is 0.353 e. The summed E-state index contributed by atoms with van der Waals surface area (Å²) in [6, 6.07) is 1.63. The van der Waals surface area contributed by atoms with Crippen molar-refractivity contribution in [3.05, 3.63) is 28.6 Å². The molecule has 24 heavy (non-hydrogen) atoms. The van der Waals surface area contributed by atoms with Crippen LogP contribution in [0.15, 0.2) is 22.9 Å². The quantitative estimate of drug-likeness (QED) is 0.666. The molecule has 1 aromatic rings. The van der Waals surface area contributed by atoms with E-state index in [2.05, 4.69) is 10.2 Å². The second kappa shape index (κ2) is 6.25. The Morgan fingerprint density at radius 2 is 2.21 bits per heavy atom. The third-order valence-electron chi connectivity index (χ3n) is 4.71. The molecule has 0 aliphatic carbocycles. The lowest BCUT2D eigenvalue weighted by atomic mass is 9.79. The van der Waals surface area contributed by atoms with Crippen molar-refractivity contribution in [2.24, 2.45) is 11.8 Å². The molecular formula is C16H21N3O4S. The van der Waals surface area contributed by atoms with Gasteiger partial charge in [0.25, 0.3) is 0 Å². The molecule has 1 saturated heterocycles. The lowest BCUT2D eigenvalue weighted by molar-refractivity contribution is -0.163. The SMILES string of the molecule is CC(Cc1ccn[nH]1)SC1=C(C(=O)O)N2C(=O)C(C(C)O)C2C1C. The summed E-state index contributed by atoms with van der Waals surface area (Å²) in [7, 11) is 0. The van der Waals surface area contributed by atoms with Crippen molar-refractivity contribution in [2.45, 2.75) is 44.6 Å². The van der Waals surface area contributed by atoms with Crippen LogP contribution < -0.4 is 0 Å². The van der Waals surface area contributed by atoms with Gasteiger partial charge in [0.05, 0.1) is 18.1 Å². The highest BCUT2D eigenvalue weighted by Gasteiger charge is 2.60. The number of aromatic amines is 1.